The molecule has 9 heteroatoms. The van der Waals surface area contributed by atoms with E-state index >= 15 is 0 Å². The second-order valence-electron chi connectivity index (χ2n) is 3.02. The van der Waals surface area contributed by atoms with Gasteiger partial charge in [0.2, 0.25) is 0 Å². The maximum absolute atomic E-state index is 9.08. The van der Waals surface area contributed by atoms with Gasteiger partial charge in [0.1, 0.15) is 5.69 Å². The van der Waals surface area contributed by atoms with Crippen LogP contribution in [0, 0.1) is 6.92 Å². The Balaban J connectivity index is 0.00000137. The molecule has 18 heavy (non-hydrogen) atoms. The van der Waals surface area contributed by atoms with Crippen LogP contribution in [0.2, 0.25) is 0 Å². The summed E-state index contributed by atoms with van der Waals surface area (Å²) in [5.41, 5.74) is 10.3. The third-order valence-corrected chi connectivity index (χ3v) is 2.00. The monoisotopic (exact) mass is 335 g/mol. The Labute approximate surface area is 122 Å². The van der Waals surface area contributed by atoms with Crippen molar-refractivity contribution in [2.24, 2.45) is 10.8 Å². The third-order valence-electron chi connectivity index (χ3n) is 1.91. The molecule has 1 aromatic rings. The number of aliphatic hydroxyl groups is 1. The van der Waals surface area contributed by atoms with Gasteiger partial charge in [-0.3, -0.25) is 10.7 Å². The van der Waals surface area contributed by atoms with Crippen LogP contribution in [0.5, 0.6) is 5.75 Å². The molecule has 0 spiro atoms. The fraction of sp³-hybridized carbons (Fsp3) is 0.222. The van der Waals surface area contributed by atoms with Crippen LogP contribution in [0.25, 0.3) is 5.43 Å². The number of hydrogen-bond acceptors (Lipinski definition) is 3. The van der Waals surface area contributed by atoms with Gasteiger partial charge in [-0.25, -0.2) is 0 Å². The molecule has 0 aliphatic rings. The van der Waals surface area contributed by atoms with Gasteiger partial charge in [0.05, 0.1) is 12.2 Å². The van der Waals surface area contributed by atoms with Crippen molar-refractivity contribution in [2.45, 2.75) is 13.5 Å². The van der Waals surface area contributed by atoms with Gasteiger partial charge in [-0.2, -0.15) is 0 Å². The molecular weight excluding hydrogens is 323 g/mol. The van der Waals surface area contributed by atoms with Gasteiger partial charge in [0.25, 0.3) is 5.75 Å². The average Bonchev–Trinajstić information content (AvgIpc) is 2.37. The number of hydrogen-bond donors (Lipinski definition) is 2. The van der Waals surface area contributed by atoms with Crippen molar-refractivity contribution in [1.29, 1.82) is 0 Å². The molecule has 1 heterocycles. The average molecular weight is 336 g/mol. The molecule has 0 unspecified atom stereocenters. The second kappa shape index (κ2) is 9.20. The van der Waals surface area contributed by atoms with Crippen LogP contribution in [0.1, 0.15) is 16.8 Å². The summed E-state index contributed by atoms with van der Waals surface area (Å²) in [5.74, 6) is 0.211. The Hall–Kier alpha value is -0.774. The van der Waals surface area contributed by atoms with E-state index in [1.807, 2.05) is 0 Å². The number of rotatable bonds is 3. The van der Waals surface area contributed by atoms with Gasteiger partial charge in [-0.15, -0.1) is 0 Å². The van der Waals surface area contributed by atoms with Crippen LogP contribution in [-0.4, -0.2) is 26.5 Å². The molecule has 0 amide bonds. The Morgan fingerprint density at radius 3 is 2.89 bits per heavy atom. The number of aliphatic hydroxyl groups excluding tert-OH is 1. The second-order valence-corrected chi connectivity index (χ2v) is 3.48. The minimum absolute atomic E-state index is 0.0270. The van der Waals surface area contributed by atoms with Crippen LogP contribution >= 0.6 is 10.1 Å². The van der Waals surface area contributed by atoms with Crippen molar-refractivity contribution < 1.29 is 25.0 Å². The van der Waals surface area contributed by atoms with Gasteiger partial charge in [-0.1, -0.05) is 0 Å². The normalized spacial score (nSPS) is 9.83. The molecule has 0 aliphatic carbocycles. The first-order valence-corrected chi connectivity index (χ1v) is 6.43. The number of pyridine rings is 1. The van der Waals surface area contributed by atoms with Crippen LogP contribution in [0.4, 0.5) is 0 Å². The van der Waals surface area contributed by atoms with E-state index < -0.39 is 0 Å². The van der Waals surface area contributed by atoms with E-state index in [0.717, 1.165) is 0 Å². The van der Waals surface area contributed by atoms with Gasteiger partial charge in [0, 0.05) is 18.0 Å². The number of aromatic nitrogens is 1. The molecule has 1 aromatic heterocycles. The standard InChI is InChI=1S/C9H12N4O2S.ClH.Co/c1-5-8(15)7(3-12-13-9(10)16)6(4-14)2-11-5;;/h2-3,14H,4H2,1H3,(H4,10,11,12,13,15,16);1H;/q;;+2. The summed E-state index contributed by atoms with van der Waals surface area (Å²) in [6.45, 7) is 1.50. The molecule has 0 fully saturated rings. The van der Waals surface area contributed by atoms with Crippen molar-refractivity contribution in [2.75, 3.05) is 0 Å². The maximum atomic E-state index is 9.08. The minimum atomic E-state index is -0.208. The van der Waals surface area contributed by atoms with Gasteiger partial charge >= 0.3 is 25.0 Å². The summed E-state index contributed by atoms with van der Waals surface area (Å²) in [6.07, 6.45) is 2.86. The van der Waals surface area contributed by atoms with E-state index in [-0.39, 0.29) is 17.5 Å². The first kappa shape index (κ1) is 17.2. The van der Waals surface area contributed by atoms with Crippen LogP contribution < -0.4 is 5.73 Å². The molecule has 0 radical (unpaired) electrons. The van der Waals surface area contributed by atoms with E-state index in [9.17, 15) is 0 Å². The van der Waals surface area contributed by atoms with E-state index in [1.54, 1.807) is 6.92 Å². The number of halogens is 1. The van der Waals surface area contributed by atoms with E-state index in [2.05, 4.69) is 52.7 Å². The molecule has 6 nitrogen and oxygen atoms in total. The van der Waals surface area contributed by atoms with Crippen molar-refractivity contribution in [3.05, 3.63) is 28.4 Å². The zero-order valence-corrected chi connectivity index (χ0v) is 12.1. The molecule has 0 bridgehead atoms. The predicted octanol–water partition coefficient (Wildman–Crippen LogP) is 0.0401. The Morgan fingerprint density at radius 2 is 2.39 bits per heavy atom. The van der Waals surface area contributed by atoms with E-state index in [4.69, 9.17) is 15.9 Å². The van der Waals surface area contributed by atoms with E-state index in [1.165, 1.54) is 12.4 Å². The van der Waals surface area contributed by atoms with Crippen molar-refractivity contribution in [1.82, 2.24) is 4.98 Å². The molecule has 0 saturated heterocycles. The molecule has 1 rings (SSSR count). The molecular formula is C9H13ClCoN4O2S+2. The Morgan fingerprint density at radius 1 is 1.78 bits per heavy atom. The van der Waals surface area contributed by atoms with E-state index in [0.29, 0.717) is 16.8 Å². The van der Waals surface area contributed by atoms with Gasteiger partial charge in [-0.05, 0) is 6.92 Å². The Bertz CT molecular complexity index is 445. The summed E-state index contributed by atoms with van der Waals surface area (Å²) < 4.78 is 0. The van der Waals surface area contributed by atoms with Crippen molar-refractivity contribution in [3.63, 3.8) is 0 Å². The summed E-state index contributed by atoms with van der Waals surface area (Å²) in [6, 6.07) is 0. The zero-order valence-electron chi connectivity index (χ0n) is 9.39. The first-order valence-electron chi connectivity index (χ1n) is 4.55. The summed E-state index contributed by atoms with van der Waals surface area (Å²) in [4.78, 5) is 3.97. The van der Waals surface area contributed by atoms with Crippen LogP contribution in [0.3, 0.4) is 0 Å². The van der Waals surface area contributed by atoms with Crippen LogP contribution in [-0.2, 0) is 33.7 Å². The summed E-state index contributed by atoms with van der Waals surface area (Å²) in [5, 5.41) is 20.5. The van der Waals surface area contributed by atoms with Crippen LogP contribution in [0.15, 0.2) is 11.3 Å². The summed E-state index contributed by atoms with van der Waals surface area (Å²) >= 11 is 6.78. The number of thiol groups is 1. The predicted molar refractivity (Wildman–Crippen MR) is 72.7 cm³/mol. The molecule has 101 valence electrons. The SMILES string of the molecule is Cc1ncc(CO)c(C=N[N-]C(N)=[SH+])c1[OH2+].[Cl][Co+]. The quantitative estimate of drug-likeness (QED) is 0.267. The third kappa shape index (κ3) is 5.25. The molecule has 0 aromatic carbocycles. The molecule has 0 aliphatic heterocycles. The fourth-order valence-electron chi connectivity index (χ4n) is 1.08. The summed E-state index contributed by atoms with van der Waals surface area (Å²) in [7, 11) is 4.33. The fourth-order valence-corrected chi connectivity index (χ4v) is 1.14. The Kier molecular flexibility index (Phi) is 8.80. The van der Waals surface area contributed by atoms with Gasteiger partial charge in [0.15, 0.2) is 17.3 Å². The number of aryl methyl sites for hydroxylation is 1. The van der Waals surface area contributed by atoms with Crippen molar-refractivity contribution in [3.8, 4) is 5.75 Å². The first-order chi connectivity index (χ1) is 8.56. The van der Waals surface area contributed by atoms with Gasteiger partial charge < -0.3 is 20.7 Å². The zero-order chi connectivity index (χ0) is 14.1. The number of nitrogens with zero attached hydrogens (tertiary/aromatic N) is 3. The number of nitrogens with two attached hydrogens (primary N) is 1. The topological polar surface area (TPSA) is 108 Å². The molecule has 0 saturated carbocycles. The molecule has 5 N–H and O–H groups in total. The van der Waals surface area contributed by atoms with Crippen molar-refractivity contribution >= 4 is 33.7 Å². The molecule has 0 atom stereocenters.